The molecular formula is C18H15Cl2N3O4. The highest BCUT2D eigenvalue weighted by atomic mass is 35.5. The van der Waals surface area contributed by atoms with Crippen molar-refractivity contribution in [3.05, 3.63) is 84.1 Å². The zero-order valence-corrected chi connectivity index (χ0v) is 15.7. The van der Waals surface area contributed by atoms with E-state index in [0.29, 0.717) is 16.3 Å². The highest BCUT2D eigenvalue weighted by Crippen LogP contribution is 2.40. The van der Waals surface area contributed by atoms with Crippen LogP contribution in [0.3, 0.4) is 0 Å². The third-order valence-corrected chi connectivity index (χ3v) is 4.84. The molecule has 3 N–H and O–H groups in total. The minimum absolute atomic E-state index is 0.0124. The van der Waals surface area contributed by atoms with Crippen molar-refractivity contribution in [3.63, 3.8) is 0 Å². The van der Waals surface area contributed by atoms with Crippen molar-refractivity contribution in [2.75, 3.05) is 11.9 Å². The van der Waals surface area contributed by atoms with Crippen LogP contribution < -0.4 is 16.6 Å². The van der Waals surface area contributed by atoms with Crippen LogP contribution in [0.25, 0.3) is 0 Å². The number of aromatic amines is 2. The molecule has 9 heteroatoms. The summed E-state index contributed by atoms with van der Waals surface area (Å²) < 4.78 is 5.19. The predicted molar refractivity (Wildman–Crippen MR) is 103 cm³/mol. The number of allylic oxidation sites excluding steroid dienone is 1. The fraction of sp³-hybridized carbons (Fsp3) is 0.167. The van der Waals surface area contributed by atoms with Gasteiger partial charge < -0.3 is 10.1 Å². The first-order valence-electron chi connectivity index (χ1n) is 7.90. The number of ether oxygens (including phenoxy) is 1. The van der Waals surface area contributed by atoms with E-state index in [1.165, 1.54) is 6.08 Å². The maximum Gasteiger partial charge on any atom is 0.337 e. The first-order chi connectivity index (χ1) is 12.8. The zero-order chi connectivity index (χ0) is 19.7. The molecule has 0 fully saturated rings. The smallest absolute Gasteiger partial charge is 0.337 e. The van der Waals surface area contributed by atoms with Crippen LogP contribution in [0.15, 0.2) is 51.7 Å². The van der Waals surface area contributed by atoms with E-state index in [1.807, 2.05) is 0 Å². The summed E-state index contributed by atoms with van der Waals surface area (Å²) in [5, 5.41) is 3.50. The van der Waals surface area contributed by atoms with Crippen molar-refractivity contribution in [2.45, 2.75) is 12.8 Å². The predicted octanol–water partition coefficient (Wildman–Crippen LogP) is 2.93. The minimum atomic E-state index is -0.811. The number of rotatable bonds is 4. The molecule has 2 aromatic rings. The van der Waals surface area contributed by atoms with Gasteiger partial charge in [0.15, 0.2) is 0 Å². The third kappa shape index (κ3) is 3.56. The molecule has 1 aliphatic heterocycles. The van der Waals surface area contributed by atoms with Gasteiger partial charge in [-0.25, -0.2) is 9.59 Å². The lowest BCUT2D eigenvalue weighted by Crippen LogP contribution is -2.35. The summed E-state index contributed by atoms with van der Waals surface area (Å²) in [6.07, 6.45) is 1.44. The lowest BCUT2D eigenvalue weighted by Gasteiger charge is -2.28. The number of aromatic nitrogens is 2. The number of H-pyrrole nitrogens is 2. The molecule has 0 aliphatic carbocycles. The molecule has 7 nitrogen and oxygen atoms in total. The monoisotopic (exact) mass is 407 g/mol. The Balaban J connectivity index is 2.26. The second-order valence-corrected chi connectivity index (χ2v) is 6.67. The summed E-state index contributed by atoms with van der Waals surface area (Å²) in [6.45, 7) is 5.18. The van der Waals surface area contributed by atoms with Gasteiger partial charge >= 0.3 is 11.7 Å². The van der Waals surface area contributed by atoms with Gasteiger partial charge in [-0.15, -0.1) is 0 Å². The van der Waals surface area contributed by atoms with E-state index in [9.17, 15) is 14.4 Å². The van der Waals surface area contributed by atoms with E-state index in [1.54, 1.807) is 25.1 Å². The van der Waals surface area contributed by atoms with E-state index in [-0.39, 0.29) is 28.6 Å². The van der Waals surface area contributed by atoms with Crippen LogP contribution in [0, 0.1) is 0 Å². The quantitative estimate of drug-likeness (QED) is 0.533. The van der Waals surface area contributed by atoms with Gasteiger partial charge in [-0.3, -0.25) is 14.8 Å². The van der Waals surface area contributed by atoms with Crippen molar-refractivity contribution < 1.29 is 9.53 Å². The fourth-order valence-corrected chi connectivity index (χ4v) is 3.30. The van der Waals surface area contributed by atoms with Crippen LogP contribution in [-0.4, -0.2) is 22.5 Å². The molecule has 0 radical (unpaired) electrons. The van der Waals surface area contributed by atoms with Crippen LogP contribution >= 0.6 is 23.2 Å². The number of benzene rings is 1. The van der Waals surface area contributed by atoms with Crippen molar-refractivity contribution in [1.82, 2.24) is 9.97 Å². The highest BCUT2D eigenvalue weighted by molar-refractivity contribution is 6.42. The maximum atomic E-state index is 12.7. The molecular weight excluding hydrogens is 393 g/mol. The summed E-state index contributed by atoms with van der Waals surface area (Å²) in [6, 6.07) is 4.80. The number of halogens is 2. The van der Waals surface area contributed by atoms with E-state index >= 15 is 0 Å². The normalized spacial score (nSPS) is 15.7. The molecule has 1 aromatic heterocycles. The Labute approximate surface area is 163 Å². The molecule has 140 valence electrons. The Morgan fingerprint density at radius 2 is 2.00 bits per heavy atom. The molecule has 27 heavy (non-hydrogen) atoms. The number of nitrogens with one attached hydrogen (secondary N) is 3. The second-order valence-electron chi connectivity index (χ2n) is 5.85. The van der Waals surface area contributed by atoms with Crippen LogP contribution in [-0.2, 0) is 9.53 Å². The average Bonchev–Trinajstić information content (AvgIpc) is 2.60. The SMILES string of the molecule is C=CCOC(=O)C1=C(C)Nc2[nH]c(=O)[nH]c(=O)c2[C@H]1c1ccc(Cl)c(Cl)c1. The average molecular weight is 408 g/mol. The molecule has 1 atom stereocenters. The molecule has 1 aliphatic rings. The number of hydrogen-bond acceptors (Lipinski definition) is 5. The van der Waals surface area contributed by atoms with E-state index < -0.39 is 23.1 Å². The first-order valence-corrected chi connectivity index (χ1v) is 8.66. The van der Waals surface area contributed by atoms with E-state index in [0.717, 1.165) is 0 Å². The van der Waals surface area contributed by atoms with Gasteiger partial charge in [0, 0.05) is 5.70 Å². The summed E-state index contributed by atoms with van der Waals surface area (Å²) in [5.41, 5.74) is 0.0939. The molecule has 0 bridgehead atoms. The molecule has 0 saturated heterocycles. The summed E-state index contributed by atoms with van der Waals surface area (Å²) >= 11 is 12.1. The Bertz CT molecular complexity index is 1080. The molecule has 0 unspecified atom stereocenters. The van der Waals surface area contributed by atoms with Gasteiger partial charge in [-0.1, -0.05) is 41.9 Å². The van der Waals surface area contributed by atoms with Gasteiger partial charge in [-0.2, -0.15) is 0 Å². The standard InChI is InChI=1S/C18H15Cl2N3O4/c1-3-6-27-17(25)12-8(2)21-15-14(16(24)23-18(26)22-15)13(12)9-4-5-10(19)11(20)7-9/h3-5,7,13H,1,6H2,2H3,(H3,21,22,23,24,26)/t13-/m0/s1. The summed E-state index contributed by atoms with van der Waals surface area (Å²) in [5.74, 6) is -1.22. The summed E-state index contributed by atoms with van der Waals surface area (Å²) in [7, 11) is 0. The van der Waals surface area contributed by atoms with Crippen LogP contribution in [0.5, 0.6) is 0 Å². The van der Waals surface area contributed by atoms with Crippen LogP contribution in [0.1, 0.15) is 24.0 Å². The molecule has 0 spiro atoms. The Morgan fingerprint density at radius 3 is 2.67 bits per heavy atom. The van der Waals surface area contributed by atoms with Crippen LogP contribution in [0.2, 0.25) is 10.0 Å². The maximum absolute atomic E-state index is 12.7. The number of hydrogen-bond donors (Lipinski definition) is 3. The second kappa shape index (κ2) is 7.46. The minimum Gasteiger partial charge on any atom is -0.458 e. The number of fused-ring (bicyclic) bond motifs is 1. The van der Waals surface area contributed by atoms with Gasteiger partial charge in [-0.05, 0) is 24.6 Å². The lowest BCUT2D eigenvalue weighted by molar-refractivity contribution is -0.138. The van der Waals surface area contributed by atoms with Crippen molar-refractivity contribution in [3.8, 4) is 0 Å². The van der Waals surface area contributed by atoms with E-state index in [2.05, 4.69) is 21.9 Å². The van der Waals surface area contributed by atoms with Gasteiger partial charge in [0.1, 0.15) is 12.4 Å². The van der Waals surface area contributed by atoms with Gasteiger partial charge in [0.2, 0.25) is 0 Å². The fourth-order valence-electron chi connectivity index (χ4n) is 2.99. The van der Waals surface area contributed by atoms with Gasteiger partial charge in [0.25, 0.3) is 5.56 Å². The lowest BCUT2D eigenvalue weighted by atomic mass is 9.82. The topological polar surface area (TPSA) is 104 Å². The Morgan fingerprint density at radius 1 is 1.26 bits per heavy atom. The zero-order valence-electron chi connectivity index (χ0n) is 14.2. The number of carbonyl (C=O) groups excluding carboxylic acids is 1. The molecule has 1 aromatic carbocycles. The summed E-state index contributed by atoms with van der Waals surface area (Å²) in [4.78, 5) is 41.6. The Hall–Kier alpha value is -2.77. The molecule has 3 rings (SSSR count). The number of esters is 1. The van der Waals surface area contributed by atoms with Crippen molar-refractivity contribution in [1.29, 1.82) is 0 Å². The molecule has 0 amide bonds. The van der Waals surface area contributed by atoms with Gasteiger partial charge in [0.05, 0.1) is 27.1 Å². The van der Waals surface area contributed by atoms with Crippen molar-refractivity contribution in [2.24, 2.45) is 0 Å². The van der Waals surface area contributed by atoms with E-state index in [4.69, 9.17) is 27.9 Å². The Kier molecular flexibility index (Phi) is 5.25. The third-order valence-electron chi connectivity index (χ3n) is 4.10. The molecule has 2 heterocycles. The highest BCUT2D eigenvalue weighted by Gasteiger charge is 2.36. The molecule has 0 saturated carbocycles. The largest absolute Gasteiger partial charge is 0.458 e. The number of carbonyl (C=O) groups is 1. The first kappa shape index (κ1) is 19.0. The number of anilines is 1. The van der Waals surface area contributed by atoms with Crippen LogP contribution in [0.4, 0.5) is 5.82 Å². The van der Waals surface area contributed by atoms with Crippen molar-refractivity contribution >= 4 is 35.0 Å².